The Balaban J connectivity index is 1.64. The lowest BCUT2D eigenvalue weighted by atomic mass is 10.1. The summed E-state index contributed by atoms with van der Waals surface area (Å²) in [6.07, 6.45) is 4.23. The molecule has 2 aromatic heterocycles. The summed E-state index contributed by atoms with van der Waals surface area (Å²) in [4.78, 5) is 27.7. The number of rotatable bonds is 11. The number of fused-ring (bicyclic) bond motifs is 3. The third-order valence-corrected chi connectivity index (χ3v) is 6.97. The molecule has 6 nitrogen and oxygen atoms in total. The largest absolute Gasteiger partial charge is 0.465 e. The standard InChI is InChI=1S/C27H32N4O2S/c1-4-5-14-31(2)15-9-16-34-26-24-21-13-12-20(27(32)33-3)18-22(21)28-25(24)29-23(30-26)17-19-10-7-6-8-11-19/h6-8,10-13,18H,4-5,9,14-17H2,1-3H3,(H,28,29,30). The maximum atomic E-state index is 12.0. The monoisotopic (exact) mass is 476 g/mol. The molecule has 34 heavy (non-hydrogen) atoms. The fraction of sp³-hybridized carbons (Fsp3) is 0.370. The number of thioether (sulfide) groups is 1. The highest BCUT2D eigenvalue weighted by Gasteiger charge is 2.16. The van der Waals surface area contributed by atoms with Crippen LogP contribution in [0.2, 0.25) is 0 Å². The zero-order valence-electron chi connectivity index (χ0n) is 20.1. The molecule has 4 rings (SSSR count). The smallest absolute Gasteiger partial charge is 0.337 e. The third-order valence-electron chi connectivity index (χ3n) is 5.91. The molecular formula is C27H32N4O2S. The van der Waals surface area contributed by atoms with Crippen molar-refractivity contribution in [2.75, 3.05) is 33.0 Å². The molecule has 0 saturated carbocycles. The first-order chi connectivity index (χ1) is 16.6. The van der Waals surface area contributed by atoms with E-state index in [4.69, 9.17) is 14.7 Å². The molecule has 2 heterocycles. The summed E-state index contributed by atoms with van der Waals surface area (Å²) in [6.45, 7) is 4.45. The normalized spacial score (nSPS) is 11.5. The fourth-order valence-electron chi connectivity index (χ4n) is 4.06. The van der Waals surface area contributed by atoms with E-state index in [1.807, 2.05) is 30.3 Å². The van der Waals surface area contributed by atoms with Crippen LogP contribution in [0.1, 0.15) is 47.9 Å². The number of hydrogen-bond acceptors (Lipinski definition) is 6. The van der Waals surface area contributed by atoms with Gasteiger partial charge in [-0.1, -0.05) is 49.7 Å². The number of benzene rings is 2. The van der Waals surface area contributed by atoms with E-state index in [1.54, 1.807) is 17.8 Å². The lowest BCUT2D eigenvalue weighted by Gasteiger charge is -2.15. The number of esters is 1. The number of aromatic amines is 1. The van der Waals surface area contributed by atoms with Crippen molar-refractivity contribution in [1.82, 2.24) is 19.9 Å². The Morgan fingerprint density at radius 3 is 2.65 bits per heavy atom. The number of hydrogen-bond donors (Lipinski definition) is 1. The second-order valence-electron chi connectivity index (χ2n) is 8.57. The van der Waals surface area contributed by atoms with Crippen molar-refractivity contribution < 1.29 is 9.53 Å². The quantitative estimate of drug-likeness (QED) is 0.130. The van der Waals surface area contributed by atoms with Crippen molar-refractivity contribution in [3.8, 4) is 0 Å². The van der Waals surface area contributed by atoms with Gasteiger partial charge in [0.25, 0.3) is 0 Å². The van der Waals surface area contributed by atoms with Gasteiger partial charge in [-0.25, -0.2) is 14.8 Å². The second kappa shape index (κ2) is 11.5. The number of aromatic nitrogens is 3. The summed E-state index contributed by atoms with van der Waals surface area (Å²) in [6, 6.07) is 15.9. The van der Waals surface area contributed by atoms with Gasteiger partial charge in [0, 0.05) is 23.1 Å². The van der Waals surface area contributed by atoms with Crippen LogP contribution in [-0.2, 0) is 11.2 Å². The van der Waals surface area contributed by atoms with Crippen molar-refractivity contribution in [2.24, 2.45) is 0 Å². The van der Waals surface area contributed by atoms with Crippen molar-refractivity contribution in [3.05, 3.63) is 65.5 Å². The maximum absolute atomic E-state index is 12.0. The highest BCUT2D eigenvalue weighted by atomic mass is 32.2. The molecule has 0 fully saturated rings. The zero-order valence-corrected chi connectivity index (χ0v) is 21.0. The summed E-state index contributed by atoms with van der Waals surface area (Å²) in [5.74, 6) is 1.43. The van der Waals surface area contributed by atoms with E-state index in [0.717, 1.165) is 58.0 Å². The van der Waals surface area contributed by atoms with E-state index < -0.39 is 0 Å². The van der Waals surface area contributed by atoms with Gasteiger partial charge in [-0.2, -0.15) is 0 Å². The summed E-state index contributed by atoms with van der Waals surface area (Å²) >= 11 is 1.79. The van der Waals surface area contributed by atoms with Crippen molar-refractivity contribution >= 4 is 39.7 Å². The second-order valence-corrected chi connectivity index (χ2v) is 9.65. The highest BCUT2D eigenvalue weighted by Crippen LogP contribution is 2.33. The Hall–Kier alpha value is -2.90. The van der Waals surface area contributed by atoms with E-state index >= 15 is 0 Å². The molecule has 0 aliphatic heterocycles. The number of unbranched alkanes of at least 4 members (excludes halogenated alkanes) is 1. The molecule has 0 atom stereocenters. The van der Waals surface area contributed by atoms with Gasteiger partial charge in [0.1, 0.15) is 16.5 Å². The molecule has 0 spiro atoms. The summed E-state index contributed by atoms with van der Waals surface area (Å²) in [5, 5.41) is 3.04. The van der Waals surface area contributed by atoms with Crippen LogP contribution in [-0.4, -0.2) is 58.8 Å². The van der Waals surface area contributed by atoms with Crippen molar-refractivity contribution in [2.45, 2.75) is 37.6 Å². The molecule has 1 N–H and O–H groups in total. The molecule has 0 unspecified atom stereocenters. The first-order valence-electron chi connectivity index (χ1n) is 11.8. The molecule has 0 amide bonds. The topological polar surface area (TPSA) is 71.1 Å². The molecule has 7 heteroatoms. The minimum absolute atomic E-state index is 0.349. The number of ether oxygens (including phenoxy) is 1. The summed E-state index contributed by atoms with van der Waals surface area (Å²) < 4.78 is 4.89. The van der Waals surface area contributed by atoms with Gasteiger partial charge in [0.05, 0.1) is 18.1 Å². The molecule has 0 bridgehead atoms. The number of methoxy groups -OCH3 is 1. The lowest BCUT2D eigenvalue weighted by Crippen LogP contribution is -2.21. The average Bonchev–Trinajstić information content (AvgIpc) is 3.23. The maximum Gasteiger partial charge on any atom is 0.337 e. The van der Waals surface area contributed by atoms with Gasteiger partial charge >= 0.3 is 5.97 Å². The zero-order chi connectivity index (χ0) is 23.9. The summed E-state index contributed by atoms with van der Waals surface area (Å²) in [7, 11) is 3.59. The van der Waals surface area contributed by atoms with E-state index in [-0.39, 0.29) is 5.97 Å². The Morgan fingerprint density at radius 2 is 1.88 bits per heavy atom. The van der Waals surface area contributed by atoms with E-state index in [0.29, 0.717) is 12.0 Å². The third kappa shape index (κ3) is 5.77. The molecule has 0 saturated heterocycles. The van der Waals surface area contributed by atoms with Gasteiger partial charge < -0.3 is 14.6 Å². The van der Waals surface area contributed by atoms with Crippen LogP contribution >= 0.6 is 11.8 Å². The molecular weight excluding hydrogens is 444 g/mol. The van der Waals surface area contributed by atoms with Crippen LogP contribution < -0.4 is 0 Å². The van der Waals surface area contributed by atoms with Gasteiger partial charge in [0.2, 0.25) is 0 Å². The Bertz CT molecular complexity index is 1260. The van der Waals surface area contributed by atoms with Gasteiger partial charge in [-0.05, 0) is 50.7 Å². The average molecular weight is 477 g/mol. The first kappa shape index (κ1) is 24.2. The first-order valence-corrected chi connectivity index (χ1v) is 12.8. The van der Waals surface area contributed by atoms with E-state index in [2.05, 4.69) is 36.0 Å². The predicted molar refractivity (Wildman–Crippen MR) is 140 cm³/mol. The molecule has 0 aliphatic carbocycles. The minimum atomic E-state index is -0.349. The van der Waals surface area contributed by atoms with Crippen LogP contribution in [0.25, 0.3) is 21.9 Å². The van der Waals surface area contributed by atoms with Crippen molar-refractivity contribution in [1.29, 1.82) is 0 Å². The van der Waals surface area contributed by atoms with Gasteiger partial charge in [-0.3, -0.25) is 0 Å². The van der Waals surface area contributed by atoms with Crippen LogP contribution in [0.4, 0.5) is 0 Å². The predicted octanol–water partition coefficient (Wildman–Crippen LogP) is 5.70. The molecule has 4 aromatic rings. The van der Waals surface area contributed by atoms with Crippen molar-refractivity contribution in [3.63, 3.8) is 0 Å². The molecule has 0 aliphatic rings. The minimum Gasteiger partial charge on any atom is -0.465 e. The summed E-state index contributed by atoms with van der Waals surface area (Å²) in [5.41, 5.74) is 3.37. The lowest BCUT2D eigenvalue weighted by molar-refractivity contribution is 0.0601. The number of nitrogens with zero attached hydrogens (tertiary/aromatic N) is 3. The number of H-pyrrole nitrogens is 1. The van der Waals surface area contributed by atoms with E-state index in [9.17, 15) is 4.79 Å². The van der Waals surface area contributed by atoms with Crippen LogP contribution in [0.3, 0.4) is 0 Å². The molecule has 178 valence electrons. The fourth-order valence-corrected chi connectivity index (χ4v) is 5.05. The number of carbonyl (C=O) groups is 1. The van der Waals surface area contributed by atoms with Gasteiger partial charge in [0.15, 0.2) is 0 Å². The molecule has 0 radical (unpaired) electrons. The SMILES string of the molecule is CCCCN(C)CCCSc1nc(Cc2ccccc2)nc2[nH]c3cc(C(=O)OC)ccc3c12. The molecule has 2 aromatic carbocycles. The van der Waals surface area contributed by atoms with Gasteiger partial charge in [-0.15, -0.1) is 11.8 Å². The highest BCUT2D eigenvalue weighted by molar-refractivity contribution is 7.99. The Labute approximate surface area is 205 Å². The number of carbonyl (C=O) groups excluding carboxylic acids is 1. The van der Waals surface area contributed by atoms with Crippen LogP contribution in [0.15, 0.2) is 53.6 Å². The Morgan fingerprint density at radius 1 is 1.09 bits per heavy atom. The van der Waals surface area contributed by atoms with E-state index in [1.165, 1.54) is 25.5 Å². The number of nitrogens with one attached hydrogen (secondary N) is 1. The van der Waals surface area contributed by atoms with Crippen LogP contribution in [0, 0.1) is 0 Å². The Kier molecular flexibility index (Phi) is 8.19. The van der Waals surface area contributed by atoms with Crippen LogP contribution in [0.5, 0.6) is 0 Å².